The van der Waals surface area contributed by atoms with Crippen LogP contribution in [0.4, 0.5) is 0 Å². The average molecular weight is 367 g/mol. The molecule has 1 aliphatic rings. The molecule has 0 aliphatic carbocycles. The van der Waals surface area contributed by atoms with Crippen LogP contribution in [0.5, 0.6) is 0 Å². The number of piperidine rings is 1. The summed E-state index contributed by atoms with van der Waals surface area (Å²) in [7, 11) is 1.46. The summed E-state index contributed by atoms with van der Waals surface area (Å²) in [5.74, 6) is -0.145. The largest absolute Gasteiger partial charge is 0.469 e. The van der Waals surface area contributed by atoms with Gasteiger partial charge >= 0.3 is 5.97 Å². The standard InChI is InChI=1S/C23H29NO3/c1-18-22(27-17-20-11-7-4-8-12-20)14-13-21(15-23(25)26-2)24(18)16-19-9-5-3-6-10-19/h3-12,18,21-22H,13-17H2,1-2H3/t18-,21+,22-/m0/s1. The molecule has 0 aromatic heterocycles. The van der Waals surface area contributed by atoms with Crippen LogP contribution in [0.15, 0.2) is 60.7 Å². The second-order valence-electron chi connectivity index (χ2n) is 7.25. The van der Waals surface area contributed by atoms with Gasteiger partial charge in [0.15, 0.2) is 0 Å². The van der Waals surface area contributed by atoms with Gasteiger partial charge in [-0.2, -0.15) is 0 Å². The molecule has 4 nitrogen and oxygen atoms in total. The lowest BCUT2D eigenvalue weighted by Gasteiger charge is -2.44. The van der Waals surface area contributed by atoms with Crippen molar-refractivity contribution in [1.29, 1.82) is 0 Å². The first kappa shape index (κ1) is 19.6. The average Bonchev–Trinajstić information content (AvgIpc) is 2.71. The Labute approximate surface area is 162 Å². The quantitative estimate of drug-likeness (QED) is 0.688. The highest BCUT2D eigenvalue weighted by atomic mass is 16.5. The van der Waals surface area contributed by atoms with E-state index in [2.05, 4.69) is 48.2 Å². The number of nitrogens with zero attached hydrogens (tertiary/aromatic N) is 1. The van der Waals surface area contributed by atoms with Gasteiger partial charge in [0.05, 0.1) is 26.2 Å². The second-order valence-corrected chi connectivity index (χ2v) is 7.25. The van der Waals surface area contributed by atoms with E-state index in [0.29, 0.717) is 13.0 Å². The van der Waals surface area contributed by atoms with Crippen molar-refractivity contribution in [3.8, 4) is 0 Å². The van der Waals surface area contributed by atoms with Crippen LogP contribution < -0.4 is 0 Å². The van der Waals surface area contributed by atoms with Crippen molar-refractivity contribution in [1.82, 2.24) is 4.90 Å². The molecule has 0 radical (unpaired) electrons. The maximum absolute atomic E-state index is 11.9. The minimum atomic E-state index is -0.145. The molecule has 3 atom stereocenters. The number of carbonyl (C=O) groups is 1. The van der Waals surface area contributed by atoms with Crippen LogP contribution >= 0.6 is 0 Å². The van der Waals surface area contributed by atoms with E-state index in [0.717, 1.165) is 19.4 Å². The molecule has 0 unspecified atom stereocenters. The fourth-order valence-corrected chi connectivity index (χ4v) is 3.87. The second kappa shape index (κ2) is 9.67. The molecule has 0 saturated carbocycles. The minimum Gasteiger partial charge on any atom is -0.469 e. The molecule has 0 N–H and O–H groups in total. The van der Waals surface area contributed by atoms with E-state index in [1.807, 2.05) is 24.3 Å². The maximum atomic E-state index is 11.9. The fourth-order valence-electron chi connectivity index (χ4n) is 3.87. The highest BCUT2D eigenvalue weighted by Gasteiger charge is 2.36. The molecule has 2 aromatic rings. The number of hydrogen-bond donors (Lipinski definition) is 0. The Balaban J connectivity index is 1.69. The van der Waals surface area contributed by atoms with E-state index in [-0.39, 0.29) is 24.2 Å². The number of methoxy groups -OCH3 is 1. The molecule has 1 aliphatic heterocycles. The van der Waals surface area contributed by atoms with E-state index in [9.17, 15) is 4.79 Å². The number of benzene rings is 2. The molecule has 144 valence electrons. The smallest absolute Gasteiger partial charge is 0.307 e. The van der Waals surface area contributed by atoms with Gasteiger partial charge < -0.3 is 9.47 Å². The van der Waals surface area contributed by atoms with Gasteiger partial charge in [-0.3, -0.25) is 9.69 Å². The molecule has 0 bridgehead atoms. The number of ether oxygens (including phenoxy) is 2. The van der Waals surface area contributed by atoms with Gasteiger partial charge in [-0.25, -0.2) is 0 Å². The van der Waals surface area contributed by atoms with Crippen LogP contribution in [0, 0.1) is 0 Å². The van der Waals surface area contributed by atoms with Gasteiger partial charge in [0.25, 0.3) is 0 Å². The number of likely N-dealkylation sites (tertiary alicyclic amines) is 1. The van der Waals surface area contributed by atoms with Gasteiger partial charge in [-0.15, -0.1) is 0 Å². The van der Waals surface area contributed by atoms with Crippen molar-refractivity contribution in [3.05, 3.63) is 71.8 Å². The SMILES string of the molecule is COC(=O)C[C@H]1CC[C@H](OCc2ccccc2)[C@H](C)N1Cc1ccccc1. The van der Waals surface area contributed by atoms with Crippen LogP contribution in [0.2, 0.25) is 0 Å². The van der Waals surface area contributed by atoms with Gasteiger partial charge in [-0.1, -0.05) is 60.7 Å². The summed E-state index contributed by atoms with van der Waals surface area (Å²) in [6, 6.07) is 21.1. The molecule has 3 rings (SSSR count). The van der Waals surface area contributed by atoms with Crippen molar-refractivity contribution in [2.24, 2.45) is 0 Å². The van der Waals surface area contributed by atoms with Crippen LogP contribution in [0.25, 0.3) is 0 Å². The van der Waals surface area contributed by atoms with E-state index >= 15 is 0 Å². The summed E-state index contributed by atoms with van der Waals surface area (Å²) >= 11 is 0. The summed E-state index contributed by atoms with van der Waals surface area (Å²) in [6.07, 6.45) is 2.48. The third-order valence-corrected chi connectivity index (χ3v) is 5.46. The van der Waals surface area contributed by atoms with Gasteiger partial charge in [-0.05, 0) is 30.9 Å². The first-order valence-electron chi connectivity index (χ1n) is 9.69. The first-order valence-corrected chi connectivity index (χ1v) is 9.69. The Morgan fingerprint density at radius 1 is 1.00 bits per heavy atom. The molecular weight excluding hydrogens is 338 g/mol. The van der Waals surface area contributed by atoms with Gasteiger partial charge in [0.1, 0.15) is 0 Å². The monoisotopic (exact) mass is 367 g/mol. The number of carbonyl (C=O) groups excluding carboxylic acids is 1. The van der Waals surface area contributed by atoms with Gasteiger partial charge in [0, 0.05) is 18.6 Å². The van der Waals surface area contributed by atoms with Crippen LogP contribution in [0.1, 0.15) is 37.3 Å². The van der Waals surface area contributed by atoms with Crippen LogP contribution in [-0.4, -0.2) is 36.2 Å². The minimum absolute atomic E-state index is 0.145. The molecular formula is C23H29NO3. The van der Waals surface area contributed by atoms with Crippen molar-refractivity contribution in [3.63, 3.8) is 0 Å². The van der Waals surface area contributed by atoms with Crippen molar-refractivity contribution in [2.45, 2.75) is 57.5 Å². The predicted molar refractivity (Wildman–Crippen MR) is 106 cm³/mol. The molecule has 1 fully saturated rings. The predicted octanol–water partition coefficient (Wildman–Crippen LogP) is 4.19. The number of rotatable bonds is 7. The third kappa shape index (κ3) is 5.41. The maximum Gasteiger partial charge on any atom is 0.307 e. The topological polar surface area (TPSA) is 38.8 Å². The summed E-state index contributed by atoms with van der Waals surface area (Å²) < 4.78 is 11.2. The molecule has 0 spiro atoms. The van der Waals surface area contributed by atoms with Crippen molar-refractivity contribution >= 4 is 5.97 Å². The van der Waals surface area contributed by atoms with E-state index in [1.54, 1.807) is 0 Å². The zero-order valence-corrected chi connectivity index (χ0v) is 16.2. The summed E-state index contributed by atoms with van der Waals surface area (Å²) in [5, 5.41) is 0. The third-order valence-electron chi connectivity index (χ3n) is 5.46. The Kier molecular flexibility index (Phi) is 7.02. The number of esters is 1. The lowest BCUT2D eigenvalue weighted by atomic mass is 9.91. The van der Waals surface area contributed by atoms with Crippen LogP contribution in [0.3, 0.4) is 0 Å². The van der Waals surface area contributed by atoms with E-state index < -0.39 is 0 Å². The normalized spacial score (nSPS) is 23.1. The molecule has 4 heteroatoms. The Bertz CT molecular complexity index is 704. The highest BCUT2D eigenvalue weighted by molar-refractivity contribution is 5.69. The van der Waals surface area contributed by atoms with Crippen molar-refractivity contribution in [2.75, 3.05) is 7.11 Å². The summed E-state index contributed by atoms with van der Waals surface area (Å²) in [6.45, 7) is 3.65. The fraction of sp³-hybridized carbons (Fsp3) is 0.435. The summed E-state index contributed by atoms with van der Waals surface area (Å²) in [4.78, 5) is 14.3. The lowest BCUT2D eigenvalue weighted by Crippen LogP contribution is -2.52. The molecule has 1 saturated heterocycles. The molecule has 0 amide bonds. The number of hydrogen-bond acceptors (Lipinski definition) is 4. The van der Waals surface area contributed by atoms with Crippen LogP contribution in [-0.2, 0) is 27.4 Å². The molecule has 1 heterocycles. The van der Waals surface area contributed by atoms with E-state index in [1.165, 1.54) is 18.2 Å². The summed E-state index contributed by atoms with van der Waals surface area (Å²) in [5.41, 5.74) is 2.44. The Morgan fingerprint density at radius 2 is 1.63 bits per heavy atom. The van der Waals surface area contributed by atoms with Crippen molar-refractivity contribution < 1.29 is 14.3 Å². The zero-order valence-electron chi connectivity index (χ0n) is 16.2. The lowest BCUT2D eigenvalue weighted by molar-refractivity contribution is -0.144. The van der Waals surface area contributed by atoms with E-state index in [4.69, 9.17) is 9.47 Å². The Hall–Kier alpha value is -2.17. The van der Waals surface area contributed by atoms with Gasteiger partial charge in [0.2, 0.25) is 0 Å². The highest BCUT2D eigenvalue weighted by Crippen LogP contribution is 2.30. The zero-order chi connectivity index (χ0) is 19.1. The Morgan fingerprint density at radius 3 is 2.26 bits per heavy atom. The first-order chi connectivity index (χ1) is 13.2. The molecule has 27 heavy (non-hydrogen) atoms. The molecule has 2 aromatic carbocycles.